The maximum atomic E-state index is 11.0. The van der Waals surface area contributed by atoms with Crippen molar-refractivity contribution in [1.29, 1.82) is 0 Å². The number of ether oxygens (including phenoxy) is 2. The Hall–Kier alpha value is -2.60. The van der Waals surface area contributed by atoms with E-state index in [0.717, 1.165) is 55.2 Å². The number of hydrogen-bond acceptors (Lipinski definition) is 6. The Morgan fingerprint density at radius 3 is 2.55 bits per heavy atom. The molecule has 0 bridgehead atoms. The van der Waals surface area contributed by atoms with Crippen LogP contribution in [0.3, 0.4) is 0 Å². The molecule has 1 aliphatic rings. The van der Waals surface area contributed by atoms with Gasteiger partial charge in [0.05, 0.1) is 25.7 Å². The zero-order valence-electron chi connectivity index (χ0n) is 19.2. The number of nitrogens with one attached hydrogen (secondary N) is 2. The number of hydrogen-bond donors (Lipinski definition) is 2. The van der Waals surface area contributed by atoms with Gasteiger partial charge in [-0.2, -0.15) is 0 Å². The molecule has 1 heterocycles. The van der Waals surface area contributed by atoms with Gasteiger partial charge in [0.15, 0.2) is 5.96 Å². The summed E-state index contributed by atoms with van der Waals surface area (Å²) in [6.07, 6.45) is 1.00. The number of likely N-dealkylation sites (tertiary alicyclic amines) is 1. The molecule has 9 nitrogen and oxygen atoms in total. The lowest BCUT2D eigenvalue weighted by molar-refractivity contribution is -0.384. The summed E-state index contributed by atoms with van der Waals surface area (Å²) in [5, 5.41) is 17.7. The molecule has 0 spiro atoms. The van der Waals surface area contributed by atoms with Gasteiger partial charge in [-0.05, 0) is 36.6 Å². The molecule has 0 radical (unpaired) electrons. The second-order valence-electron chi connectivity index (χ2n) is 7.71. The highest BCUT2D eigenvalue weighted by Crippen LogP contribution is 2.24. The van der Waals surface area contributed by atoms with E-state index < -0.39 is 0 Å². The fourth-order valence-corrected chi connectivity index (χ4v) is 3.76. The van der Waals surface area contributed by atoms with Crippen LogP contribution < -0.4 is 20.1 Å². The molecule has 2 aromatic carbocycles. The molecule has 0 amide bonds. The topological polar surface area (TPSA) is 101 Å². The smallest absolute Gasteiger partial charge is 0.269 e. The Bertz CT molecular complexity index is 934. The monoisotopic (exact) mass is 569 g/mol. The standard InChI is InChI=1S/C23H31N5O4.HI/c1-4-24-23(25-14-17-6-5-7-20(10-17)28(29)30)26-19-8-9-27(16-19)15-18-11-21(31-2)13-22(12-18)32-3;/h5-7,10-13,19H,4,8-9,14-16H2,1-3H3,(H2,24,25,26);1H. The van der Waals surface area contributed by atoms with E-state index in [0.29, 0.717) is 12.5 Å². The summed E-state index contributed by atoms with van der Waals surface area (Å²) in [7, 11) is 3.31. The highest BCUT2D eigenvalue weighted by Gasteiger charge is 2.23. The van der Waals surface area contributed by atoms with Crippen LogP contribution in [-0.2, 0) is 13.1 Å². The second kappa shape index (κ2) is 13.2. The molecular formula is C23H32IN5O4. The first-order valence-corrected chi connectivity index (χ1v) is 10.7. The Morgan fingerprint density at radius 2 is 1.91 bits per heavy atom. The molecule has 2 aromatic rings. The van der Waals surface area contributed by atoms with E-state index in [2.05, 4.69) is 20.5 Å². The highest BCUT2D eigenvalue weighted by atomic mass is 127. The van der Waals surface area contributed by atoms with Gasteiger partial charge < -0.3 is 20.1 Å². The quantitative estimate of drug-likeness (QED) is 0.157. The number of nitro groups is 1. The second-order valence-corrected chi connectivity index (χ2v) is 7.71. The molecule has 1 unspecified atom stereocenters. The zero-order valence-corrected chi connectivity index (χ0v) is 21.6. The van der Waals surface area contributed by atoms with E-state index in [9.17, 15) is 10.1 Å². The average Bonchev–Trinajstić information content (AvgIpc) is 3.24. The molecule has 0 aromatic heterocycles. The molecular weight excluding hydrogens is 537 g/mol. The van der Waals surface area contributed by atoms with Crippen molar-refractivity contribution < 1.29 is 14.4 Å². The molecule has 33 heavy (non-hydrogen) atoms. The fourth-order valence-electron chi connectivity index (χ4n) is 3.76. The van der Waals surface area contributed by atoms with Gasteiger partial charge in [-0.1, -0.05) is 12.1 Å². The number of aliphatic imine (C=N–C) groups is 1. The molecule has 1 saturated heterocycles. The van der Waals surface area contributed by atoms with Crippen molar-refractivity contribution in [2.45, 2.75) is 32.5 Å². The van der Waals surface area contributed by atoms with Crippen LogP contribution >= 0.6 is 24.0 Å². The van der Waals surface area contributed by atoms with E-state index in [1.165, 1.54) is 6.07 Å². The normalized spacial score (nSPS) is 16.1. The minimum atomic E-state index is -0.387. The van der Waals surface area contributed by atoms with Gasteiger partial charge in [-0.15, -0.1) is 24.0 Å². The van der Waals surface area contributed by atoms with Gasteiger partial charge in [-0.25, -0.2) is 4.99 Å². The van der Waals surface area contributed by atoms with Crippen molar-refractivity contribution in [1.82, 2.24) is 15.5 Å². The van der Waals surface area contributed by atoms with E-state index in [-0.39, 0.29) is 40.6 Å². The minimum Gasteiger partial charge on any atom is -0.497 e. The van der Waals surface area contributed by atoms with Crippen LogP contribution in [0.4, 0.5) is 5.69 Å². The van der Waals surface area contributed by atoms with Crippen LogP contribution in [0.1, 0.15) is 24.5 Å². The molecule has 0 aliphatic carbocycles. The number of non-ortho nitro benzene ring substituents is 1. The molecule has 1 atom stereocenters. The Kier molecular flexibility index (Phi) is 10.7. The van der Waals surface area contributed by atoms with E-state index in [1.54, 1.807) is 26.4 Å². The maximum absolute atomic E-state index is 11.0. The lowest BCUT2D eigenvalue weighted by Crippen LogP contribution is -2.44. The summed E-state index contributed by atoms with van der Waals surface area (Å²) < 4.78 is 10.7. The van der Waals surface area contributed by atoms with E-state index in [1.807, 2.05) is 31.2 Å². The van der Waals surface area contributed by atoms with Crippen molar-refractivity contribution in [3.05, 3.63) is 63.7 Å². The summed E-state index contributed by atoms with van der Waals surface area (Å²) >= 11 is 0. The van der Waals surface area contributed by atoms with Gasteiger partial charge >= 0.3 is 0 Å². The predicted molar refractivity (Wildman–Crippen MR) is 140 cm³/mol. The van der Waals surface area contributed by atoms with Crippen LogP contribution in [-0.4, -0.2) is 55.7 Å². The van der Waals surface area contributed by atoms with Crippen molar-refractivity contribution in [2.24, 2.45) is 4.99 Å². The third kappa shape index (κ3) is 8.04. The first-order chi connectivity index (χ1) is 15.5. The SMILES string of the molecule is CCNC(=NCc1cccc([N+](=O)[O-])c1)NC1CCN(Cc2cc(OC)cc(OC)c2)C1.I. The molecule has 2 N–H and O–H groups in total. The minimum absolute atomic E-state index is 0. The molecule has 3 rings (SSSR count). The number of benzene rings is 2. The summed E-state index contributed by atoms with van der Waals surface area (Å²) in [6.45, 7) is 5.80. The lowest BCUT2D eigenvalue weighted by atomic mass is 10.2. The molecule has 1 fully saturated rings. The molecule has 1 aliphatic heterocycles. The van der Waals surface area contributed by atoms with Gasteiger partial charge in [0.1, 0.15) is 11.5 Å². The molecule has 10 heteroatoms. The van der Waals surface area contributed by atoms with Gasteiger partial charge in [0.25, 0.3) is 5.69 Å². The van der Waals surface area contributed by atoms with Crippen LogP contribution in [0.5, 0.6) is 11.5 Å². The Morgan fingerprint density at radius 1 is 1.18 bits per heavy atom. The van der Waals surface area contributed by atoms with Crippen molar-refractivity contribution >= 4 is 35.6 Å². The fraction of sp³-hybridized carbons (Fsp3) is 0.435. The number of nitrogens with zero attached hydrogens (tertiary/aromatic N) is 3. The summed E-state index contributed by atoms with van der Waals surface area (Å²) in [5.41, 5.74) is 2.03. The first-order valence-electron chi connectivity index (χ1n) is 10.7. The summed E-state index contributed by atoms with van der Waals surface area (Å²) in [6, 6.07) is 12.8. The van der Waals surface area contributed by atoms with Crippen molar-refractivity contribution in [3.63, 3.8) is 0 Å². The van der Waals surface area contributed by atoms with Gasteiger partial charge in [0.2, 0.25) is 0 Å². The zero-order chi connectivity index (χ0) is 22.9. The summed E-state index contributed by atoms with van der Waals surface area (Å²) in [4.78, 5) is 17.6. The average molecular weight is 569 g/mol. The largest absolute Gasteiger partial charge is 0.497 e. The van der Waals surface area contributed by atoms with Crippen molar-refractivity contribution in [2.75, 3.05) is 33.9 Å². The highest BCUT2D eigenvalue weighted by molar-refractivity contribution is 14.0. The Balaban J connectivity index is 0.00000385. The van der Waals surface area contributed by atoms with E-state index in [4.69, 9.17) is 9.47 Å². The van der Waals surface area contributed by atoms with Crippen molar-refractivity contribution in [3.8, 4) is 11.5 Å². The van der Waals surface area contributed by atoms with Gasteiger partial charge in [-0.3, -0.25) is 15.0 Å². The van der Waals surface area contributed by atoms with Crippen LogP contribution in [0.15, 0.2) is 47.5 Å². The number of halogens is 1. The van der Waals surface area contributed by atoms with Crippen LogP contribution in [0.25, 0.3) is 0 Å². The number of methoxy groups -OCH3 is 2. The predicted octanol–water partition coefficient (Wildman–Crippen LogP) is 3.56. The third-order valence-electron chi connectivity index (χ3n) is 5.32. The Labute approximate surface area is 211 Å². The maximum Gasteiger partial charge on any atom is 0.269 e. The molecule has 180 valence electrons. The van der Waals surface area contributed by atoms with Gasteiger partial charge in [0, 0.05) is 50.4 Å². The van der Waals surface area contributed by atoms with Crippen LogP contribution in [0, 0.1) is 10.1 Å². The summed E-state index contributed by atoms with van der Waals surface area (Å²) in [5.74, 6) is 2.29. The number of nitro benzene ring substituents is 1. The first kappa shape index (κ1) is 26.7. The van der Waals surface area contributed by atoms with E-state index >= 15 is 0 Å². The third-order valence-corrected chi connectivity index (χ3v) is 5.32. The van der Waals surface area contributed by atoms with Crippen LogP contribution in [0.2, 0.25) is 0 Å². The molecule has 0 saturated carbocycles. The number of guanidine groups is 1. The number of rotatable bonds is 9. The lowest BCUT2D eigenvalue weighted by Gasteiger charge is -2.19.